The number of carbonyl (C=O) groups is 3. The van der Waals surface area contributed by atoms with Crippen LogP contribution in [0.1, 0.15) is 54.2 Å². The third kappa shape index (κ3) is 6.35. The number of aromatic carboxylic acids is 1. The van der Waals surface area contributed by atoms with Crippen molar-refractivity contribution in [2.24, 2.45) is 0 Å². The van der Waals surface area contributed by atoms with E-state index in [2.05, 4.69) is 10.3 Å². The molecule has 1 heterocycles. The first kappa shape index (κ1) is 29.7. The molecule has 0 radical (unpaired) electrons. The van der Waals surface area contributed by atoms with Gasteiger partial charge in [-0.3, -0.25) is 4.79 Å². The van der Waals surface area contributed by atoms with Crippen LogP contribution in [-0.2, 0) is 22.2 Å². The molecule has 43 heavy (non-hydrogen) atoms. The molecule has 1 saturated carbocycles. The highest BCUT2D eigenvalue weighted by Crippen LogP contribution is 2.42. The maximum atomic E-state index is 13.3. The maximum absolute atomic E-state index is 13.3. The quantitative estimate of drug-likeness (QED) is 0.171. The number of nitrogens with one attached hydrogen (secondary N) is 2. The molecule has 1 atom stereocenters. The highest BCUT2D eigenvalue weighted by Gasteiger charge is 2.31. The number of fused-ring (bicyclic) bond motifs is 1. The molecule has 0 bridgehead atoms. The van der Waals surface area contributed by atoms with Crippen molar-refractivity contribution in [3.05, 3.63) is 77.5 Å². The first-order chi connectivity index (χ1) is 20.4. The zero-order valence-corrected chi connectivity index (χ0v) is 23.1. The van der Waals surface area contributed by atoms with E-state index in [1.165, 1.54) is 12.1 Å². The van der Waals surface area contributed by atoms with E-state index in [9.17, 15) is 37.8 Å². The van der Waals surface area contributed by atoms with Crippen LogP contribution in [0.15, 0.2) is 60.7 Å². The van der Waals surface area contributed by atoms with E-state index in [0.717, 1.165) is 44.7 Å². The minimum atomic E-state index is -4.53. The number of amides is 1. The number of hydrogen-bond donors (Lipinski definition) is 4. The molecule has 1 aliphatic rings. The summed E-state index contributed by atoms with van der Waals surface area (Å²) in [5.74, 6) is -2.64. The van der Waals surface area contributed by atoms with Crippen molar-refractivity contribution in [2.45, 2.75) is 57.3 Å². The summed E-state index contributed by atoms with van der Waals surface area (Å²) in [7, 11) is 0. The van der Waals surface area contributed by atoms with Crippen LogP contribution in [0.2, 0.25) is 0 Å². The van der Waals surface area contributed by atoms with Crippen LogP contribution in [0, 0.1) is 0 Å². The van der Waals surface area contributed by atoms with Gasteiger partial charge in [-0.15, -0.1) is 0 Å². The minimum absolute atomic E-state index is 0.119. The molecule has 3 aromatic carbocycles. The number of rotatable bonds is 9. The summed E-state index contributed by atoms with van der Waals surface area (Å²) in [6.07, 6.45) is -0.652. The lowest BCUT2D eigenvalue weighted by molar-refractivity contribution is -0.141. The normalized spacial score (nSPS) is 14.5. The summed E-state index contributed by atoms with van der Waals surface area (Å²) in [4.78, 5) is 39.0. The molecule has 1 aromatic heterocycles. The summed E-state index contributed by atoms with van der Waals surface area (Å²) in [5, 5.41) is 22.6. The molecule has 0 aliphatic heterocycles. The van der Waals surface area contributed by atoms with E-state index in [-0.39, 0.29) is 23.8 Å². The van der Waals surface area contributed by atoms with Crippen molar-refractivity contribution >= 4 is 28.7 Å². The smallest absolute Gasteiger partial charge is 0.416 e. The predicted octanol–water partition coefficient (Wildman–Crippen LogP) is 6.67. The first-order valence-corrected chi connectivity index (χ1v) is 13.8. The Morgan fingerprint density at radius 3 is 2.14 bits per heavy atom. The lowest BCUT2D eigenvalue weighted by Gasteiger charge is -2.18. The molecule has 0 saturated heterocycles. The summed E-state index contributed by atoms with van der Waals surface area (Å²) in [6.45, 7) is 1.16. The Balaban J connectivity index is 1.72. The summed E-state index contributed by atoms with van der Waals surface area (Å²) < 4.78 is 46.0. The Morgan fingerprint density at radius 1 is 0.953 bits per heavy atom. The van der Waals surface area contributed by atoms with E-state index in [0.29, 0.717) is 38.9 Å². The average Bonchev–Trinajstić information content (AvgIpc) is 3.60. The number of carboxylic acids is 2. The standard InChI is InChI=1S/C32H29F3N2O6/c1-17(38)36-26(30(39)40)16-24-28-25(37-29(24)31(41)42)15-14-23(18-6-10-20(11-7-18)32(33,34)35)27(28)19-8-12-22(13-9-19)43-21-4-2-3-5-21/h6-15,21,26,37H,2-5,16H2,1H3,(H,36,38)(H,39,40)(H,41,42). The predicted molar refractivity (Wildman–Crippen MR) is 153 cm³/mol. The van der Waals surface area contributed by atoms with Crippen molar-refractivity contribution in [3.63, 3.8) is 0 Å². The molecule has 224 valence electrons. The SMILES string of the molecule is CC(=O)NC(Cc1c(C(=O)O)[nH]c2ccc(-c3ccc(C(F)(F)F)cc3)c(-c3ccc(OC4CCCC4)cc3)c12)C(=O)O. The Bertz CT molecular complexity index is 1670. The highest BCUT2D eigenvalue weighted by atomic mass is 19.4. The summed E-state index contributed by atoms with van der Waals surface area (Å²) >= 11 is 0. The summed E-state index contributed by atoms with van der Waals surface area (Å²) in [5.41, 5.74) is 1.51. The Morgan fingerprint density at radius 2 is 1.58 bits per heavy atom. The molecule has 5 rings (SSSR count). The van der Waals surface area contributed by atoms with E-state index < -0.39 is 35.6 Å². The fraction of sp³-hybridized carbons (Fsp3) is 0.281. The lowest BCUT2D eigenvalue weighted by Crippen LogP contribution is -2.41. The number of aromatic amines is 1. The molecule has 11 heteroatoms. The van der Waals surface area contributed by atoms with Gasteiger partial charge >= 0.3 is 18.1 Å². The van der Waals surface area contributed by atoms with Crippen molar-refractivity contribution in [2.75, 3.05) is 0 Å². The topological polar surface area (TPSA) is 129 Å². The first-order valence-electron chi connectivity index (χ1n) is 13.8. The van der Waals surface area contributed by atoms with Crippen molar-refractivity contribution < 1.29 is 42.5 Å². The average molecular weight is 595 g/mol. The van der Waals surface area contributed by atoms with Gasteiger partial charge in [-0.05, 0) is 83.8 Å². The molecule has 4 aromatic rings. The van der Waals surface area contributed by atoms with Crippen LogP contribution < -0.4 is 10.1 Å². The van der Waals surface area contributed by atoms with E-state index in [1.807, 2.05) is 0 Å². The van der Waals surface area contributed by atoms with Gasteiger partial charge in [0.1, 0.15) is 17.5 Å². The summed E-state index contributed by atoms with van der Waals surface area (Å²) in [6, 6.07) is 13.6. The zero-order chi connectivity index (χ0) is 30.9. The molecule has 1 aliphatic carbocycles. The Kier molecular flexibility index (Phi) is 8.16. The molecule has 1 amide bonds. The number of aliphatic carboxylic acids is 1. The van der Waals surface area contributed by atoms with E-state index >= 15 is 0 Å². The Hall–Kier alpha value is -4.80. The van der Waals surface area contributed by atoms with Crippen LogP contribution in [-0.4, -0.2) is 45.2 Å². The third-order valence-corrected chi connectivity index (χ3v) is 7.64. The van der Waals surface area contributed by atoms with Gasteiger partial charge < -0.3 is 25.3 Å². The van der Waals surface area contributed by atoms with Gasteiger partial charge in [0.05, 0.1) is 11.7 Å². The number of carboxylic acid groups (broad SMARTS) is 2. The van der Waals surface area contributed by atoms with Gasteiger partial charge in [-0.25, -0.2) is 9.59 Å². The second-order valence-electron chi connectivity index (χ2n) is 10.6. The second kappa shape index (κ2) is 11.8. The van der Waals surface area contributed by atoms with Gasteiger partial charge in [-0.2, -0.15) is 13.2 Å². The number of H-pyrrole nitrogens is 1. The Labute approximate surface area is 244 Å². The van der Waals surface area contributed by atoms with Gasteiger partial charge in [0, 0.05) is 24.2 Å². The fourth-order valence-corrected chi connectivity index (χ4v) is 5.67. The molecule has 1 unspecified atom stereocenters. The van der Waals surface area contributed by atoms with Gasteiger partial charge in [0.25, 0.3) is 0 Å². The molecular formula is C32H29F3N2O6. The lowest BCUT2D eigenvalue weighted by atomic mass is 9.88. The number of alkyl halides is 3. The number of aromatic nitrogens is 1. The maximum Gasteiger partial charge on any atom is 0.416 e. The van der Waals surface area contributed by atoms with Crippen molar-refractivity contribution in [1.82, 2.24) is 10.3 Å². The molecular weight excluding hydrogens is 565 g/mol. The van der Waals surface area contributed by atoms with Crippen LogP contribution in [0.5, 0.6) is 5.75 Å². The largest absolute Gasteiger partial charge is 0.490 e. The van der Waals surface area contributed by atoms with E-state index in [1.54, 1.807) is 36.4 Å². The second-order valence-corrected chi connectivity index (χ2v) is 10.6. The fourth-order valence-electron chi connectivity index (χ4n) is 5.67. The van der Waals surface area contributed by atoms with Gasteiger partial charge in [-0.1, -0.05) is 30.3 Å². The molecule has 1 fully saturated rings. The third-order valence-electron chi connectivity index (χ3n) is 7.64. The molecule has 0 spiro atoms. The number of benzene rings is 3. The van der Waals surface area contributed by atoms with Crippen molar-refractivity contribution in [1.29, 1.82) is 0 Å². The highest BCUT2D eigenvalue weighted by molar-refractivity contribution is 6.09. The van der Waals surface area contributed by atoms with Gasteiger partial charge in [0.2, 0.25) is 5.91 Å². The number of halogens is 3. The monoisotopic (exact) mass is 594 g/mol. The van der Waals surface area contributed by atoms with Crippen LogP contribution >= 0.6 is 0 Å². The molecule has 4 N–H and O–H groups in total. The van der Waals surface area contributed by atoms with Crippen LogP contribution in [0.3, 0.4) is 0 Å². The van der Waals surface area contributed by atoms with Gasteiger partial charge in [0.15, 0.2) is 0 Å². The number of carbonyl (C=O) groups excluding carboxylic acids is 1. The molecule has 8 nitrogen and oxygen atoms in total. The van der Waals surface area contributed by atoms with Crippen LogP contribution in [0.25, 0.3) is 33.2 Å². The van der Waals surface area contributed by atoms with E-state index in [4.69, 9.17) is 4.74 Å². The van der Waals surface area contributed by atoms with Crippen LogP contribution in [0.4, 0.5) is 13.2 Å². The number of ether oxygens (including phenoxy) is 1. The number of hydrogen-bond acceptors (Lipinski definition) is 4. The minimum Gasteiger partial charge on any atom is -0.490 e. The van der Waals surface area contributed by atoms with Crippen molar-refractivity contribution in [3.8, 4) is 28.0 Å². The zero-order valence-electron chi connectivity index (χ0n) is 23.1.